The van der Waals surface area contributed by atoms with E-state index in [1.807, 2.05) is 12.1 Å². The number of benzene rings is 2. The van der Waals surface area contributed by atoms with Crippen LogP contribution in [0.5, 0.6) is 0 Å². The van der Waals surface area contributed by atoms with Crippen LogP contribution in [-0.2, 0) is 19.5 Å². The smallest absolute Gasteiger partial charge is 0.146 e. The molecule has 116 valence electrons. The van der Waals surface area contributed by atoms with Crippen molar-refractivity contribution in [3.05, 3.63) is 65.0 Å². The lowest BCUT2D eigenvalue weighted by atomic mass is 9.99. The zero-order valence-electron chi connectivity index (χ0n) is 13.3. The van der Waals surface area contributed by atoms with Crippen molar-refractivity contribution >= 4 is 5.69 Å². The standard InChI is InChI=1S/C19H23FN2/c1-14(2)21-12-15-7-8-18(20)19(11-15)22-10-9-16-5-3-4-6-17(16)13-22/h3-8,11,14,21H,9-10,12-13H2,1-2H3. The molecule has 0 saturated heterocycles. The average Bonchev–Trinajstić information content (AvgIpc) is 2.53. The van der Waals surface area contributed by atoms with E-state index in [2.05, 4.69) is 48.3 Å². The first kappa shape index (κ1) is 15.0. The van der Waals surface area contributed by atoms with Crippen LogP contribution >= 0.6 is 0 Å². The molecule has 2 nitrogen and oxygen atoms in total. The number of anilines is 1. The maximum Gasteiger partial charge on any atom is 0.146 e. The van der Waals surface area contributed by atoms with Gasteiger partial charge < -0.3 is 10.2 Å². The van der Waals surface area contributed by atoms with E-state index >= 15 is 0 Å². The summed E-state index contributed by atoms with van der Waals surface area (Å²) in [4.78, 5) is 2.15. The molecule has 0 aromatic heterocycles. The summed E-state index contributed by atoms with van der Waals surface area (Å²) in [6.07, 6.45) is 0.976. The lowest BCUT2D eigenvalue weighted by Gasteiger charge is -2.31. The molecular formula is C19H23FN2. The van der Waals surface area contributed by atoms with Gasteiger partial charge in [0.15, 0.2) is 0 Å². The molecule has 1 N–H and O–H groups in total. The Hall–Kier alpha value is -1.87. The summed E-state index contributed by atoms with van der Waals surface area (Å²) in [5.74, 6) is -0.132. The molecule has 0 atom stereocenters. The first-order chi connectivity index (χ1) is 10.6. The van der Waals surface area contributed by atoms with E-state index in [0.29, 0.717) is 6.04 Å². The van der Waals surface area contributed by atoms with E-state index < -0.39 is 0 Å². The van der Waals surface area contributed by atoms with E-state index in [1.54, 1.807) is 6.07 Å². The molecule has 0 amide bonds. The maximum atomic E-state index is 14.3. The minimum absolute atomic E-state index is 0.132. The Kier molecular flexibility index (Phi) is 4.44. The number of rotatable bonds is 4. The van der Waals surface area contributed by atoms with Crippen molar-refractivity contribution in [1.82, 2.24) is 5.32 Å². The first-order valence-corrected chi connectivity index (χ1v) is 7.97. The third-order valence-corrected chi connectivity index (χ3v) is 4.20. The predicted octanol–water partition coefficient (Wildman–Crippen LogP) is 3.89. The molecular weight excluding hydrogens is 275 g/mol. The van der Waals surface area contributed by atoms with Gasteiger partial charge in [0.05, 0.1) is 5.69 Å². The topological polar surface area (TPSA) is 15.3 Å². The second kappa shape index (κ2) is 6.49. The third kappa shape index (κ3) is 3.30. The number of fused-ring (bicyclic) bond motifs is 1. The third-order valence-electron chi connectivity index (χ3n) is 4.20. The van der Waals surface area contributed by atoms with Gasteiger partial charge in [-0.05, 0) is 35.2 Å². The fourth-order valence-electron chi connectivity index (χ4n) is 2.93. The van der Waals surface area contributed by atoms with Crippen LogP contribution in [-0.4, -0.2) is 12.6 Å². The maximum absolute atomic E-state index is 14.3. The van der Waals surface area contributed by atoms with Gasteiger partial charge in [0.1, 0.15) is 5.82 Å². The van der Waals surface area contributed by atoms with Crippen LogP contribution in [0.4, 0.5) is 10.1 Å². The van der Waals surface area contributed by atoms with Gasteiger partial charge in [-0.25, -0.2) is 4.39 Å². The van der Waals surface area contributed by atoms with Crippen molar-refractivity contribution in [1.29, 1.82) is 0 Å². The first-order valence-electron chi connectivity index (χ1n) is 7.97. The second-order valence-electron chi connectivity index (χ2n) is 6.26. The number of nitrogens with zero attached hydrogens (tertiary/aromatic N) is 1. The Labute approximate surface area is 132 Å². The van der Waals surface area contributed by atoms with Crippen LogP contribution < -0.4 is 10.2 Å². The Morgan fingerprint density at radius 1 is 1.14 bits per heavy atom. The van der Waals surface area contributed by atoms with Crippen LogP contribution in [0.2, 0.25) is 0 Å². The molecule has 2 aromatic rings. The second-order valence-corrected chi connectivity index (χ2v) is 6.26. The zero-order valence-corrected chi connectivity index (χ0v) is 13.3. The molecule has 3 rings (SSSR count). The summed E-state index contributed by atoms with van der Waals surface area (Å²) in [5, 5.41) is 3.39. The van der Waals surface area contributed by atoms with Gasteiger partial charge in [-0.3, -0.25) is 0 Å². The summed E-state index contributed by atoms with van der Waals surface area (Å²) >= 11 is 0. The van der Waals surface area contributed by atoms with E-state index in [-0.39, 0.29) is 5.82 Å². The molecule has 1 aliphatic heterocycles. The van der Waals surface area contributed by atoms with Crippen LogP contribution in [0.1, 0.15) is 30.5 Å². The van der Waals surface area contributed by atoms with Crippen molar-refractivity contribution in [2.75, 3.05) is 11.4 Å². The van der Waals surface area contributed by atoms with Crippen LogP contribution in [0.25, 0.3) is 0 Å². The number of nitrogens with one attached hydrogen (secondary N) is 1. The normalized spacial score (nSPS) is 14.3. The molecule has 22 heavy (non-hydrogen) atoms. The Morgan fingerprint density at radius 3 is 2.68 bits per heavy atom. The fraction of sp³-hybridized carbons (Fsp3) is 0.368. The predicted molar refractivity (Wildman–Crippen MR) is 89.6 cm³/mol. The van der Waals surface area contributed by atoms with Gasteiger partial charge in [0, 0.05) is 25.7 Å². The summed E-state index contributed by atoms with van der Waals surface area (Å²) in [5.41, 5.74) is 4.54. The monoisotopic (exact) mass is 298 g/mol. The Bertz CT molecular complexity index is 652. The largest absolute Gasteiger partial charge is 0.364 e. The quantitative estimate of drug-likeness (QED) is 0.921. The molecule has 0 radical (unpaired) electrons. The highest BCUT2D eigenvalue weighted by molar-refractivity contribution is 5.52. The summed E-state index contributed by atoms with van der Waals surface area (Å²) < 4.78 is 14.3. The van der Waals surface area contributed by atoms with Crippen molar-refractivity contribution in [3.63, 3.8) is 0 Å². The molecule has 1 aliphatic rings. The summed E-state index contributed by atoms with van der Waals surface area (Å²) in [7, 11) is 0. The summed E-state index contributed by atoms with van der Waals surface area (Å²) in [6, 6.07) is 14.3. The van der Waals surface area contributed by atoms with E-state index in [4.69, 9.17) is 0 Å². The van der Waals surface area contributed by atoms with Crippen LogP contribution in [0.15, 0.2) is 42.5 Å². The number of hydrogen-bond donors (Lipinski definition) is 1. The van der Waals surface area contributed by atoms with Gasteiger partial charge >= 0.3 is 0 Å². The van der Waals surface area contributed by atoms with Gasteiger partial charge in [-0.2, -0.15) is 0 Å². The van der Waals surface area contributed by atoms with Gasteiger partial charge in [-0.1, -0.05) is 44.2 Å². The minimum atomic E-state index is -0.132. The highest BCUT2D eigenvalue weighted by atomic mass is 19.1. The highest BCUT2D eigenvalue weighted by Gasteiger charge is 2.19. The minimum Gasteiger partial charge on any atom is -0.364 e. The molecule has 2 aromatic carbocycles. The van der Waals surface area contributed by atoms with E-state index in [9.17, 15) is 4.39 Å². The molecule has 0 bridgehead atoms. The highest BCUT2D eigenvalue weighted by Crippen LogP contribution is 2.27. The molecule has 1 heterocycles. The SMILES string of the molecule is CC(C)NCc1ccc(F)c(N2CCc3ccccc3C2)c1. The molecule has 3 heteroatoms. The molecule has 0 unspecified atom stereocenters. The lowest BCUT2D eigenvalue weighted by Crippen LogP contribution is -2.31. The molecule has 0 aliphatic carbocycles. The van der Waals surface area contributed by atoms with E-state index in [1.165, 1.54) is 11.1 Å². The van der Waals surface area contributed by atoms with Crippen molar-refractivity contribution in [2.45, 2.75) is 39.4 Å². The number of hydrogen-bond acceptors (Lipinski definition) is 2. The van der Waals surface area contributed by atoms with Gasteiger partial charge in [0.2, 0.25) is 0 Å². The average molecular weight is 298 g/mol. The van der Waals surface area contributed by atoms with Crippen LogP contribution in [0.3, 0.4) is 0 Å². The zero-order chi connectivity index (χ0) is 15.5. The van der Waals surface area contributed by atoms with Gasteiger partial charge in [0.25, 0.3) is 0 Å². The molecule has 0 saturated carbocycles. The molecule has 0 spiro atoms. The van der Waals surface area contributed by atoms with Crippen molar-refractivity contribution in [3.8, 4) is 0 Å². The van der Waals surface area contributed by atoms with Crippen molar-refractivity contribution in [2.24, 2.45) is 0 Å². The number of halogens is 1. The lowest BCUT2D eigenvalue weighted by molar-refractivity contribution is 0.584. The van der Waals surface area contributed by atoms with Gasteiger partial charge in [-0.15, -0.1) is 0 Å². The van der Waals surface area contributed by atoms with Crippen molar-refractivity contribution < 1.29 is 4.39 Å². The Morgan fingerprint density at radius 2 is 1.91 bits per heavy atom. The Balaban J connectivity index is 1.81. The van der Waals surface area contributed by atoms with Crippen LogP contribution in [0, 0.1) is 5.82 Å². The van der Waals surface area contributed by atoms with E-state index in [0.717, 1.165) is 37.3 Å². The molecule has 0 fully saturated rings. The fourth-order valence-corrected chi connectivity index (χ4v) is 2.93. The summed E-state index contributed by atoms with van der Waals surface area (Å²) in [6.45, 7) is 6.66.